The van der Waals surface area contributed by atoms with Crippen molar-refractivity contribution in [3.8, 4) is 6.07 Å². The van der Waals surface area contributed by atoms with Gasteiger partial charge in [0.1, 0.15) is 23.2 Å². The monoisotopic (exact) mass is 495 g/mol. The summed E-state index contributed by atoms with van der Waals surface area (Å²) in [5.41, 5.74) is 4.23. The van der Waals surface area contributed by atoms with Crippen molar-refractivity contribution in [3.63, 3.8) is 0 Å². The molecule has 5 rings (SSSR count). The number of amides is 2. The molecule has 0 fully saturated rings. The number of fused-ring (bicyclic) bond motifs is 2. The number of aromatic carboxylic acids is 1. The van der Waals surface area contributed by atoms with E-state index in [2.05, 4.69) is 25.7 Å². The quantitative estimate of drug-likeness (QED) is 0.367. The normalized spacial score (nSPS) is 14.1. The third-order valence-electron chi connectivity index (χ3n) is 6.45. The van der Waals surface area contributed by atoms with Crippen LogP contribution in [0.1, 0.15) is 71.7 Å². The average Bonchev–Trinajstić information content (AvgIpc) is 3.54. The third-order valence-corrected chi connectivity index (χ3v) is 6.45. The number of hydrogen-bond donors (Lipinski definition) is 3. The molecule has 3 aromatic heterocycles. The van der Waals surface area contributed by atoms with Gasteiger partial charge in [0.25, 0.3) is 11.8 Å². The highest BCUT2D eigenvalue weighted by atomic mass is 16.4. The van der Waals surface area contributed by atoms with E-state index in [0.717, 1.165) is 11.1 Å². The summed E-state index contributed by atoms with van der Waals surface area (Å²) in [6.07, 6.45) is 4.26. The van der Waals surface area contributed by atoms with E-state index in [9.17, 15) is 19.5 Å². The first-order valence-electron chi connectivity index (χ1n) is 11.5. The molecule has 0 spiro atoms. The molecule has 1 aromatic carbocycles. The van der Waals surface area contributed by atoms with Crippen LogP contribution >= 0.6 is 0 Å². The van der Waals surface area contributed by atoms with Gasteiger partial charge in [0.2, 0.25) is 0 Å². The minimum absolute atomic E-state index is 0.0430. The van der Waals surface area contributed by atoms with Crippen LogP contribution in [-0.4, -0.2) is 42.5 Å². The molecule has 0 saturated heterocycles. The first-order chi connectivity index (χ1) is 17.9. The van der Waals surface area contributed by atoms with Crippen molar-refractivity contribution < 1.29 is 19.5 Å². The summed E-state index contributed by atoms with van der Waals surface area (Å²) in [6.45, 7) is 1.93. The van der Waals surface area contributed by atoms with Crippen LogP contribution in [0.5, 0.6) is 0 Å². The number of aromatic nitrogens is 4. The lowest BCUT2D eigenvalue weighted by Gasteiger charge is -2.16. The molecule has 0 saturated carbocycles. The summed E-state index contributed by atoms with van der Waals surface area (Å²) in [7, 11) is 0. The van der Waals surface area contributed by atoms with Gasteiger partial charge < -0.3 is 15.7 Å². The average molecular weight is 495 g/mol. The van der Waals surface area contributed by atoms with Crippen LogP contribution in [0, 0.1) is 18.3 Å². The van der Waals surface area contributed by atoms with Gasteiger partial charge in [-0.05, 0) is 60.2 Å². The van der Waals surface area contributed by atoms with Crippen LogP contribution in [-0.2, 0) is 13.0 Å². The van der Waals surface area contributed by atoms with Crippen LogP contribution < -0.4 is 10.6 Å². The number of carbonyl (C=O) groups is 3. The Hall–Kier alpha value is -5.11. The van der Waals surface area contributed by atoms with Crippen LogP contribution in [0.2, 0.25) is 0 Å². The maximum absolute atomic E-state index is 13.3. The zero-order valence-corrected chi connectivity index (χ0v) is 19.7. The maximum atomic E-state index is 13.3. The highest BCUT2D eigenvalue weighted by Gasteiger charge is 2.28. The second-order valence-corrected chi connectivity index (χ2v) is 8.65. The van der Waals surface area contributed by atoms with Gasteiger partial charge in [0.15, 0.2) is 5.65 Å². The van der Waals surface area contributed by atoms with Crippen LogP contribution in [0.15, 0.2) is 48.8 Å². The van der Waals surface area contributed by atoms with Gasteiger partial charge >= 0.3 is 5.97 Å². The summed E-state index contributed by atoms with van der Waals surface area (Å²) in [5, 5.41) is 28.3. The van der Waals surface area contributed by atoms with Crippen molar-refractivity contribution in [3.05, 3.63) is 93.7 Å². The van der Waals surface area contributed by atoms with Crippen LogP contribution in [0.4, 0.5) is 0 Å². The SMILES string of the molecule is Cc1c(C(=O)O)ccc2c1CC[C@@H]2NC(=O)c1cc(C(=O)NCc2ccnc(C#N)c2)nc2ccnn12. The third kappa shape index (κ3) is 4.48. The Morgan fingerprint density at radius 2 is 2.00 bits per heavy atom. The summed E-state index contributed by atoms with van der Waals surface area (Å²) >= 11 is 0. The van der Waals surface area contributed by atoms with Crippen molar-refractivity contribution >= 4 is 23.4 Å². The zero-order chi connectivity index (χ0) is 26.1. The van der Waals surface area contributed by atoms with Gasteiger partial charge in [-0.15, -0.1) is 0 Å². The van der Waals surface area contributed by atoms with Crippen molar-refractivity contribution in [2.24, 2.45) is 0 Å². The molecule has 1 atom stereocenters. The predicted molar refractivity (Wildman–Crippen MR) is 130 cm³/mol. The standard InChI is InChI=1S/C26H21N7O4/c1-14-17-4-5-20(19(17)3-2-18(14)26(36)37)32-25(35)22-11-21(31-23-7-9-30-33(22)23)24(34)29-13-15-6-8-28-16(10-15)12-27/h2-3,6-11,20H,4-5,13H2,1H3,(H,29,34)(H,32,35)(H,36,37)/t20-/m0/s1. The largest absolute Gasteiger partial charge is 0.478 e. The molecular weight excluding hydrogens is 474 g/mol. The van der Waals surface area contributed by atoms with Gasteiger partial charge in [-0.2, -0.15) is 10.4 Å². The molecule has 11 nitrogen and oxygen atoms in total. The van der Waals surface area contributed by atoms with Gasteiger partial charge in [0.05, 0.1) is 17.8 Å². The molecule has 0 radical (unpaired) electrons. The lowest BCUT2D eigenvalue weighted by atomic mass is 9.98. The molecule has 11 heteroatoms. The minimum Gasteiger partial charge on any atom is -0.478 e. The highest BCUT2D eigenvalue weighted by Crippen LogP contribution is 2.34. The summed E-state index contributed by atoms with van der Waals surface area (Å²) in [4.78, 5) is 45.9. The van der Waals surface area contributed by atoms with Gasteiger partial charge in [-0.1, -0.05) is 6.07 Å². The van der Waals surface area contributed by atoms with Crippen LogP contribution in [0.3, 0.4) is 0 Å². The smallest absolute Gasteiger partial charge is 0.335 e. The molecular formula is C26H21N7O4. The van der Waals surface area contributed by atoms with E-state index < -0.39 is 17.8 Å². The molecule has 3 heterocycles. The fraction of sp³-hybridized carbons (Fsp3) is 0.192. The number of pyridine rings is 1. The number of nitriles is 1. The first-order valence-corrected chi connectivity index (χ1v) is 11.5. The van der Waals surface area contributed by atoms with E-state index in [1.165, 1.54) is 23.0 Å². The molecule has 1 aliphatic carbocycles. The number of nitrogens with zero attached hydrogens (tertiary/aromatic N) is 5. The number of carbonyl (C=O) groups excluding carboxylic acids is 2. The minimum atomic E-state index is -0.981. The van der Waals surface area contributed by atoms with E-state index in [1.807, 2.05) is 6.07 Å². The molecule has 3 N–H and O–H groups in total. The fourth-order valence-electron chi connectivity index (χ4n) is 4.60. The van der Waals surface area contributed by atoms with Crippen molar-refractivity contribution in [1.82, 2.24) is 30.2 Å². The Morgan fingerprint density at radius 3 is 2.78 bits per heavy atom. The molecule has 37 heavy (non-hydrogen) atoms. The molecule has 184 valence electrons. The predicted octanol–water partition coefficient (Wildman–Crippen LogP) is 2.35. The Kier molecular flexibility index (Phi) is 6.07. The number of rotatable bonds is 6. The number of benzene rings is 1. The zero-order valence-electron chi connectivity index (χ0n) is 19.7. The van der Waals surface area contributed by atoms with E-state index in [1.54, 1.807) is 37.3 Å². The molecule has 0 unspecified atom stereocenters. The molecule has 0 bridgehead atoms. The Balaban J connectivity index is 1.38. The van der Waals surface area contributed by atoms with E-state index in [-0.39, 0.29) is 35.2 Å². The van der Waals surface area contributed by atoms with E-state index in [4.69, 9.17) is 5.26 Å². The summed E-state index contributed by atoms with van der Waals surface area (Å²) in [5.74, 6) is -1.90. The van der Waals surface area contributed by atoms with Gasteiger partial charge in [-0.3, -0.25) is 9.59 Å². The summed E-state index contributed by atoms with van der Waals surface area (Å²) < 4.78 is 1.36. The van der Waals surface area contributed by atoms with Crippen molar-refractivity contribution in [2.45, 2.75) is 32.4 Å². The highest BCUT2D eigenvalue weighted by molar-refractivity contribution is 5.98. The molecule has 2 amide bonds. The lowest BCUT2D eigenvalue weighted by Crippen LogP contribution is -2.30. The first kappa shape index (κ1) is 23.6. The second-order valence-electron chi connectivity index (χ2n) is 8.65. The van der Waals surface area contributed by atoms with Crippen molar-refractivity contribution in [1.29, 1.82) is 5.26 Å². The topological polar surface area (TPSA) is 162 Å². The molecule has 0 aliphatic heterocycles. The van der Waals surface area contributed by atoms with E-state index >= 15 is 0 Å². The van der Waals surface area contributed by atoms with E-state index in [0.29, 0.717) is 29.6 Å². The molecule has 4 aromatic rings. The Bertz CT molecular complexity index is 1620. The van der Waals surface area contributed by atoms with Crippen molar-refractivity contribution in [2.75, 3.05) is 0 Å². The number of carboxylic acid groups (broad SMARTS) is 1. The molecule has 1 aliphatic rings. The Morgan fingerprint density at radius 1 is 1.16 bits per heavy atom. The number of nitrogens with one attached hydrogen (secondary N) is 2. The van der Waals surface area contributed by atoms with Gasteiger partial charge in [-0.25, -0.2) is 19.3 Å². The van der Waals surface area contributed by atoms with Gasteiger partial charge in [0, 0.05) is 24.9 Å². The maximum Gasteiger partial charge on any atom is 0.335 e. The summed E-state index contributed by atoms with van der Waals surface area (Å²) in [6, 6.07) is 11.2. The fourth-order valence-corrected chi connectivity index (χ4v) is 4.60. The Labute approximate surface area is 210 Å². The number of hydrogen-bond acceptors (Lipinski definition) is 7. The number of carboxylic acids is 1. The van der Waals surface area contributed by atoms with Crippen LogP contribution in [0.25, 0.3) is 5.65 Å². The lowest BCUT2D eigenvalue weighted by molar-refractivity contribution is 0.0695. The second kappa shape index (κ2) is 9.50.